The van der Waals surface area contributed by atoms with Crippen LogP contribution < -0.4 is 0 Å². The summed E-state index contributed by atoms with van der Waals surface area (Å²) in [4.78, 5) is 11.7. The first kappa shape index (κ1) is 14.5. The van der Waals surface area contributed by atoms with Crippen molar-refractivity contribution in [2.45, 2.75) is 0 Å². The third-order valence-electron chi connectivity index (χ3n) is 4.24. The van der Waals surface area contributed by atoms with Crippen LogP contribution in [-0.2, 0) is 0 Å². The summed E-state index contributed by atoms with van der Waals surface area (Å²) < 4.78 is 5.42. The quantitative estimate of drug-likeness (QED) is 0.428. The summed E-state index contributed by atoms with van der Waals surface area (Å²) in [6.45, 7) is 0. The van der Waals surface area contributed by atoms with E-state index in [0.29, 0.717) is 17.0 Å². The molecule has 0 bridgehead atoms. The second kappa shape index (κ2) is 5.59. The van der Waals surface area contributed by atoms with Gasteiger partial charge in [-0.2, -0.15) is 5.10 Å². The van der Waals surface area contributed by atoms with Crippen LogP contribution in [0.4, 0.5) is 5.69 Å². The second-order valence-electron chi connectivity index (χ2n) is 5.88. The normalized spacial score (nSPS) is 11.8. The Kier molecular flexibility index (Phi) is 3.11. The Morgan fingerprint density at radius 3 is 3.00 bits per heavy atom. The lowest BCUT2D eigenvalue weighted by Crippen LogP contribution is -1.83. The van der Waals surface area contributed by atoms with Crippen molar-refractivity contribution in [1.29, 1.82) is 0 Å². The minimum atomic E-state index is 0.0236. The molecule has 0 saturated heterocycles. The summed E-state index contributed by atoms with van der Waals surface area (Å²) >= 11 is 0. The van der Waals surface area contributed by atoms with Gasteiger partial charge in [0.05, 0.1) is 29.2 Å². The van der Waals surface area contributed by atoms with E-state index in [4.69, 9.17) is 4.42 Å². The zero-order valence-corrected chi connectivity index (χ0v) is 13.5. The van der Waals surface area contributed by atoms with Crippen LogP contribution in [0.5, 0.6) is 5.88 Å². The van der Waals surface area contributed by atoms with Crippen molar-refractivity contribution in [3.05, 3.63) is 60.6 Å². The van der Waals surface area contributed by atoms with E-state index in [9.17, 15) is 5.11 Å². The number of nitrogens with one attached hydrogen (secondary N) is 2. The maximum Gasteiger partial charge on any atom is 0.199 e. The first-order valence-corrected chi connectivity index (χ1v) is 8.00. The molecule has 7 nitrogen and oxygen atoms in total. The lowest BCUT2D eigenvalue weighted by atomic mass is 10.1. The Bertz CT molecular complexity index is 1250. The molecule has 4 aromatic heterocycles. The summed E-state index contributed by atoms with van der Waals surface area (Å²) in [5.74, 6) is 0.739. The Morgan fingerprint density at radius 2 is 2.12 bits per heavy atom. The number of furan rings is 1. The number of hydrogen-bond donors (Lipinski definition) is 3. The van der Waals surface area contributed by atoms with Gasteiger partial charge in [-0.3, -0.25) is 10.1 Å². The first-order valence-electron chi connectivity index (χ1n) is 8.00. The number of rotatable bonds is 3. The number of aromatic amines is 2. The van der Waals surface area contributed by atoms with Gasteiger partial charge in [-0.15, -0.1) is 0 Å². The topological polar surface area (TPSA) is 103 Å². The van der Waals surface area contributed by atoms with Gasteiger partial charge in [-0.1, -0.05) is 0 Å². The van der Waals surface area contributed by atoms with Gasteiger partial charge >= 0.3 is 0 Å². The van der Waals surface area contributed by atoms with Gasteiger partial charge in [0.1, 0.15) is 11.4 Å². The van der Waals surface area contributed by atoms with E-state index in [1.54, 1.807) is 24.9 Å². The van der Waals surface area contributed by atoms with Crippen molar-refractivity contribution in [3.8, 4) is 17.2 Å². The van der Waals surface area contributed by atoms with Crippen LogP contribution in [0.3, 0.4) is 0 Å². The van der Waals surface area contributed by atoms with E-state index in [0.717, 1.165) is 27.5 Å². The lowest BCUT2D eigenvalue weighted by molar-refractivity contribution is 0.457. The van der Waals surface area contributed by atoms with Crippen LogP contribution in [0.15, 0.2) is 64.5 Å². The van der Waals surface area contributed by atoms with Crippen LogP contribution in [0, 0.1) is 0 Å². The van der Waals surface area contributed by atoms with Crippen LogP contribution in [-0.4, -0.2) is 31.5 Å². The van der Waals surface area contributed by atoms with Gasteiger partial charge in [-0.25, -0.2) is 4.98 Å². The van der Waals surface area contributed by atoms with E-state index in [1.165, 1.54) is 0 Å². The smallest absolute Gasteiger partial charge is 0.199 e. The molecule has 0 aliphatic heterocycles. The van der Waals surface area contributed by atoms with Crippen LogP contribution in [0.2, 0.25) is 0 Å². The molecule has 0 spiro atoms. The molecule has 3 N–H and O–H groups in total. The maximum absolute atomic E-state index is 10.2. The zero-order valence-electron chi connectivity index (χ0n) is 13.5. The summed E-state index contributed by atoms with van der Waals surface area (Å²) in [6.07, 6.45) is 6.70. The highest BCUT2D eigenvalue weighted by Crippen LogP contribution is 2.29. The average Bonchev–Trinajstić information content (AvgIpc) is 3.39. The van der Waals surface area contributed by atoms with Crippen LogP contribution in [0.1, 0.15) is 5.56 Å². The minimum absolute atomic E-state index is 0.0236. The number of pyridine rings is 1. The van der Waals surface area contributed by atoms with Crippen molar-refractivity contribution >= 4 is 33.8 Å². The van der Waals surface area contributed by atoms with Gasteiger partial charge in [0.2, 0.25) is 0 Å². The number of aliphatic imine (C=N–C) groups is 1. The summed E-state index contributed by atoms with van der Waals surface area (Å²) in [5, 5.41) is 19.0. The second-order valence-corrected chi connectivity index (χ2v) is 5.88. The average molecular weight is 343 g/mol. The fraction of sp³-hybridized carbons (Fsp3) is 0. The number of benzene rings is 1. The molecule has 0 fully saturated rings. The Hall–Kier alpha value is -3.87. The summed E-state index contributed by atoms with van der Waals surface area (Å²) in [5.41, 5.74) is 3.65. The number of fused-ring (bicyclic) bond motifs is 2. The van der Waals surface area contributed by atoms with Gasteiger partial charge in [0.25, 0.3) is 0 Å². The molecule has 0 unspecified atom stereocenters. The lowest BCUT2D eigenvalue weighted by Gasteiger charge is -1.98. The van der Waals surface area contributed by atoms with Gasteiger partial charge in [0, 0.05) is 28.7 Å². The largest absolute Gasteiger partial charge is 0.494 e. The Balaban J connectivity index is 1.58. The van der Waals surface area contributed by atoms with E-state index in [2.05, 4.69) is 25.2 Å². The van der Waals surface area contributed by atoms with E-state index < -0.39 is 0 Å². The molecule has 0 aliphatic carbocycles. The Labute approximate surface area is 147 Å². The standard InChI is InChI=1S/C19H13N5O2/c25-19-15(10-20-13-4-3-11-9-22-24-16(11)7-13)14-6-12(8-21-18(14)23-19)17-2-1-5-26-17/h1-10,25H,(H,21,23)(H,22,24). The van der Waals surface area contributed by atoms with Crippen molar-refractivity contribution in [3.63, 3.8) is 0 Å². The SMILES string of the molecule is Oc1[nH]c2ncc(-c3ccco3)cc2c1C=Nc1ccc2cn[nH]c2c1. The van der Waals surface area contributed by atoms with Crippen LogP contribution in [0.25, 0.3) is 33.3 Å². The molecule has 0 aliphatic rings. The third kappa shape index (κ3) is 2.34. The first-order chi connectivity index (χ1) is 12.8. The molecular formula is C19H13N5O2. The molecule has 5 rings (SSSR count). The predicted octanol–water partition coefficient (Wildman–Crippen LogP) is 4.16. The third-order valence-corrected chi connectivity index (χ3v) is 4.24. The molecule has 7 heteroatoms. The summed E-state index contributed by atoms with van der Waals surface area (Å²) in [6, 6.07) is 11.3. The molecule has 0 saturated carbocycles. The fourth-order valence-corrected chi connectivity index (χ4v) is 2.93. The van der Waals surface area contributed by atoms with Crippen molar-refractivity contribution in [2.24, 2.45) is 4.99 Å². The van der Waals surface area contributed by atoms with Gasteiger partial charge in [-0.05, 0) is 36.4 Å². The zero-order chi connectivity index (χ0) is 17.5. The van der Waals surface area contributed by atoms with Crippen molar-refractivity contribution in [1.82, 2.24) is 20.2 Å². The monoisotopic (exact) mass is 343 g/mol. The number of H-pyrrole nitrogens is 2. The predicted molar refractivity (Wildman–Crippen MR) is 98.8 cm³/mol. The van der Waals surface area contributed by atoms with Crippen LogP contribution >= 0.6 is 0 Å². The molecule has 0 atom stereocenters. The molecule has 26 heavy (non-hydrogen) atoms. The molecule has 1 aromatic carbocycles. The molecule has 0 amide bonds. The van der Waals surface area contributed by atoms with E-state index in [-0.39, 0.29) is 5.88 Å². The summed E-state index contributed by atoms with van der Waals surface area (Å²) in [7, 11) is 0. The number of hydrogen-bond acceptors (Lipinski definition) is 5. The number of aromatic nitrogens is 4. The highest BCUT2D eigenvalue weighted by molar-refractivity contribution is 6.02. The highest BCUT2D eigenvalue weighted by atomic mass is 16.3. The molecular weight excluding hydrogens is 330 g/mol. The van der Waals surface area contributed by atoms with Gasteiger partial charge < -0.3 is 14.5 Å². The van der Waals surface area contributed by atoms with Crippen molar-refractivity contribution < 1.29 is 9.52 Å². The van der Waals surface area contributed by atoms with Gasteiger partial charge in [0.15, 0.2) is 5.88 Å². The molecule has 4 heterocycles. The highest BCUT2D eigenvalue weighted by Gasteiger charge is 2.12. The molecule has 126 valence electrons. The maximum atomic E-state index is 10.2. The fourth-order valence-electron chi connectivity index (χ4n) is 2.93. The van der Waals surface area contributed by atoms with Crippen molar-refractivity contribution in [2.75, 3.05) is 0 Å². The number of aromatic hydroxyl groups is 1. The minimum Gasteiger partial charge on any atom is -0.494 e. The molecule has 5 aromatic rings. The Morgan fingerprint density at radius 1 is 1.15 bits per heavy atom. The molecule has 0 radical (unpaired) electrons. The van der Waals surface area contributed by atoms with E-state index >= 15 is 0 Å². The number of nitrogens with zero attached hydrogens (tertiary/aromatic N) is 3. The van der Waals surface area contributed by atoms with E-state index in [1.807, 2.05) is 36.4 Å².